The Morgan fingerprint density at radius 1 is 1.19 bits per heavy atom. The number of fused-ring (bicyclic) bond motifs is 1. The van der Waals surface area contributed by atoms with Gasteiger partial charge in [-0.2, -0.15) is 4.99 Å². The molecular weight excluding hydrogens is 454 g/mol. The largest absolute Gasteiger partial charge is 0.462 e. The fraction of sp³-hybridized carbons (Fsp3) is 0.571. The third kappa shape index (κ3) is 5.83. The van der Waals surface area contributed by atoms with Crippen LogP contribution >= 0.6 is 11.3 Å². The van der Waals surface area contributed by atoms with E-state index in [1.165, 1.54) is 21.9 Å². The topological polar surface area (TPSA) is 107 Å². The molecule has 1 aromatic heterocycles. The second-order valence-corrected chi connectivity index (χ2v) is 10.5. The number of aromatic nitrogens is 1. The van der Waals surface area contributed by atoms with E-state index in [0.29, 0.717) is 62.7 Å². The molecule has 2 heterocycles. The van der Waals surface area contributed by atoms with Gasteiger partial charge in [0.05, 0.1) is 35.2 Å². The maximum Gasteiger partial charge on any atom is 0.338 e. The van der Waals surface area contributed by atoms with Crippen molar-refractivity contribution >= 4 is 43.5 Å². The van der Waals surface area contributed by atoms with Gasteiger partial charge in [0.2, 0.25) is 10.0 Å². The number of nitrogens with zero attached hydrogens (tertiary/aromatic N) is 3. The predicted molar refractivity (Wildman–Crippen MR) is 122 cm³/mol. The minimum atomic E-state index is -3.25. The summed E-state index contributed by atoms with van der Waals surface area (Å²) in [5.74, 6) is -0.954. The predicted octanol–water partition coefficient (Wildman–Crippen LogP) is 2.01. The van der Waals surface area contributed by atoms with Crippen LogP contribution in [0, 0.1) is 5.92 Å². The van der Waals surface area contributed by atoms with E-state index in [4.69, 9.17) is 9.47 Å². The number of hydrogen-bond acceptors (Lipinski definition) is 7. The fourth-order valence-corrected chi connectivity index (χ4v) is 5.61. The first kappa shape index (κ1) is 24.6. The Bertz CT molecular complexity index is 1140. The standard InChI is InChI=1S/C21H29N3O6S2/c1-4-29-13-12-24-17-7-6-16(20(26)30-5-2)14-18(17)31-21(24)22-19(25)15-8-10-23(11-9-15)32(3,27)28/h6-7,14-15H,4-5,8-13H2,1-3H3. The first-order valence-corrected chi connectivity index (χ1v) is 13.3. The van der Waals surface area contributed by atoms with E-state index in [2.05, 4.69) is 4.99 Å². The molecular formula is C21H29N3O6S2. The molecule has 11 heteroatoms. The number of carbonyl (C=O) groups is 2. The first-order chi connectivity index (χ1) is 15.2. The van der Waals surface area contributed by atoms with Crippen LogP contribution in [-0.4, -0.2) is 68.3 Å². The van der Waals surface area contributed by atoms with Crippen LogP contribution in [0.5, 0.6) is 0 Å². The highest BCUT2D eigenvalue weighted by atomic mass is 32.2. The molecule has 9 nitrogen and oxygen atoms in total. The lowest BCUT2D eigenvalue weighted by atomic mass is 9.98. The zero-order valence-corrected chi connectivity index (χ0v) is 20.2. The molecule has 0 spiro atoms. The lowest BCUT2D eigenvalue weighted by Gasteiger charge is -2.28. The van der Waals surface area contributed by atoms with E-state index in [1.54, 1.807) is 19.1 Å². The molecule has 1 saturated heterocycles. The number of ether oxygens (including phenoxy) is 2. The Hall–Kier alpha value is -2.08. The summed E-state index contributed by atoms with van der Waals surface area (Å²) in [7, 11) is -3.25. The van der Waals surface area contributed by atoms with Crippen molar-refractivity contribution in [1.82, 2.24) is 8.87 Å². The van der Waals surface area contributed by atoms with Crippen LogP contribution < -0.4 is 4.80 Å². The van der Waals surface area contributed by atoms with Gasteiger partial charge in [-0.25, -0.2) is 17.5 Å². The van der Waals surface area contributed by atoms with E-state index >= 15 is 0 Å². The molecule has 0 radical (unpaired) electrons. The highest BCUT2D eigenvalue weighted by molar-refractivity contribution is 7.88. The number of esters is 1. The average molecular weight is 484 g/mol. The van der Waals surface area contributed by atoms with Crippen LogP contribution in [0.2, 0.25) is 0 Å². The number of piperidine rings is 1. The molecule has 0 bridgehead atoms. The number of sulfonamides is 1. The molecule has 176 valence electrons. The van der Waals surface area contributed by atoms with Crippen LogP contribution in [0.4, 0.5) is 0 Å². The molecule has 1 aromatic carbocycles. The lowest BCUT2D eigenvalue weighted by Crippen LogP contribution is -2.39. The van der Waals surface area contributed by atoms with Gasteiger partial charge in [-0.1, -0.05) is 11.3 Å². The minimum absolute atomic E-state index is 0.250. The molecule has 1 aliphatic heterocycles. The van der Waals surface area contributed by atoms with Crippen molar-refractivity contribution < 1.29 is 27.5 Å². The molecule has 1 amide bonds. The summed E-state index contributed by atoms with van der Waals surface area (Å²) in [6, 6.07) is 5.29. The van der Waals surface area contributed by atoms with Gasteiger partial charge in [0.25, 0.3) is 5.91 Å². The van der Waals surface area contributed by atoms with Gasteiger partial charge in [0, 0.05) is 32.2 Å². The van der Waals surface area contributed by atoms with Crippen molar-refractivity contribution in [2.24, 2.45) is 10.9 Å². The number of rotatable bonds is 8. The summed E-state index contributed by atoms with van der Waals surface area (Å²) in [6.45, 7) is 6.19. The summed E-state index contributed by atoms with van der Waals surface area (Å²) in [5, 5.41) is 0. The van der Waals surface area contributed by atoms with Gasteiger partial charge >= 0.3 is 5.97 Å². The Kier molecular flexibility index (Phi) is 8.21. The number of thiazole rings is 1. The van der Waals surface area contributed by atoms with Crippen molar-refractivity contribution in [2.45, 2.75) is 33.2 Å². The summed E-state index contributed by atoms with van der Waals surface area (Å²) < 4.78 is 38.1. The molecule has 3 rings (SSSR count). The summed E-state index contributed by atoms with van der Waals surface area (Å²) in [4.78, 5) is 29.9. The molecule has 2 aromatic rings. The second-order valence-electron chi connectivity index (χ2n) is 7.52. The van der Waals surface area contributed by atoms with Gasteiger partial charge in [0.1, 0.15) is 0 Å². The number of hydrogen-bond donors (Lipinski definition) is 0. The molecule has 1 fully saturated rings. The highest BCUT2D eigenvalue weighted by Gasteiger charge is 2.29. The van der Waals surface area contributed by atoms with Crippen LogP contribution in [-0.2, 0) is 30.8 Å². The molecule has 1 aliphatic rings. The number of benzene rings is 1. The maximum atomic E-state index is 12.9. The van der Waals surface area contributed by atoms with Gasteiger partial charge in [0.15, 0.2) is 4.80 Å². The monoisotopic (exact) mass is 483 g/mol. The summed E-state index contributed by atoms with van der Waals surface area (Å²) in [5.41, 5.74) is 1.31. The minimum Gasteiger partial charge on any atom is -0.462 e. The van der Waals surface area contributed by atoms with Gasteiger partial charge in [-0.3, -0.25) is 4.79 Å². The quantitative estimate of drug-likeness (QED) is 0.420. The smallest absolute Gasteiger partial charge is 0.338 e. The van der Waals surface area contributed by atoms with Crippen molar-refractivity contribution in [2.75, 3.05) is 39.2 Å². The van der Waals surface area contributed by atoms with Crippen LogP contribution in [0.1, 0.15) is 37.0 Å². The van der Waals surface area contributed by atoms with Crippen molar-refractivity contribution in [3.63, 3.8) is 0 Å². The van der Waals surface area contributed by atoms with E-state index < -0.39 is 16.0 Å². The highest BCUT2D eigenvalue weighted by Crippen LogP contribution is 2.22. The number of carbonyl (C=O) groups excluding carboxylic acids is 2. The van der Waals surface area contributed by atoms with Crippen molar-refractivity contribution in [3.05, 3.63) is 28.6 Å². The number of amides is 1. The summed E-state index contributed by atoms with van der Waals surface area (Å²) >= 11 is 1.33. The van der Waals surface area contributed by atoms with Crippen molar-refractivity contribution in [1.29, 1.82) is 0 Å². The van der Waals surface area contributed by atoms with Gasteiger partial charge in [-0.05, 0) is 44.9 Å². The molecule has 0 atom stereocenters. The molecule has 0 N–H and O–H groups in total. The van der Waals surface area contributed by atoms with Crippen LogP contribution in [0.25, 0.3) is 10.2 Å². The summed E-state index contributed by atoms with van der Waals surface area (Å²) in [6.07, 6.45) is 2.08. The Morgan fingerprint density at radius 2 is 1.91 bits per heavy atom. The normalized spacial score (nSPS) is 16.5. The van der Waals surface area contributed by atoms with E-state index in [9.17, 15) is 18.0 Å². The zero-order chi connectivity index (χ0) is 23.3. The Labute approximate surface area is 191 Å². The Morgan fingerprint density at radius 3 is 2.53 bits per heavy atom. The fourth-order valence-electron chi connectivity index (χ4n) is 3.64. The molecule has 0 saturated carbocycles. The SMILES string of the molecule is CCOCCn1c(=NC(=O)C2CCN(S(C)(=O)=O)CC2)sc2cc(C(=O)OCC)ccc21. The van der Waals surface area contributed by atoms with Gasteiger partial charge < -0.3 is 14.0 Å². The van der Waals surface area contributed by atoms with E-state index in [1.807, 2.05) is 17.6 Å². The Balaban J connectivity index is 1.90. The van der Waals surface area contributed by atoms with Gasteiger partial charge in [-0.15, -0.1) is 0 Å². The molecule has 0 unspecified atom stereocenters. The second kappa shape index (κ2) is 10.7. The maximum absolute atomic E-state index is 12.9. The van der Waals surface area contributed by atoms with Crippen molar-refractivity contribution in [3.8, 4) is 0 Å². The third-order valence-corrected chi connectivity index (χ3v) is 7.68. The van der Waals surface area contributed by atoms with E-state index in [0.717, 1.165) is 10.2 Å². The van der Waals surface area contributed by atoms with Crippen LogP contribution in [0.3, 0.4) is 0 Å². The zero-order valence-electron chi connectivity index (χ0n) is 18.6. The van der Waals surface area contributed by atoms with E-state index in [-0.39, 0.29) is 11.8 Å². The first-order valence-electron chi connectivity index (χ1n) is 10.7. The third-order valence-electron chi connectivity index (χ3n) is 5.34. The average Bonchev–Trinajstić information content (AvgIpc) is 3.09. The lowest BCUT2D eigenvalue weighted by molar-refractivity contribution is -0.122. The molecule has 0 aliphatic carbocycles. The van der Waals surface area contributed by atoms with Crippen LogP contribution in [0.15, 0.2) is 23.2 Å². The molecule has 32 heavy (non-hydrogen) atoms.